The first-order valence-electron chi connectivity index (χ1n) is 11.3. The topological polar surface area (TPSA) is 70.6 Å². The highest BCUT2D eigenvalue weighted by Crippen LogP contribution is 2.30. The van der Waals surface area contributed by atoms with Crippen LogP contribution in [-0.4, -0.2) is 66.0 Å². The van der Waals surface area contributed by atoms with E-state index in [-0.39, 0.29) is 5.91 Å². The molecular weight excluding hydrogens is 426 g/mol. The summed E-state index contributed by atoms with van der Waals surface area (Å²) in [6.07, 6.45) is 3.59. The van der Waals surface area contributed by atoms with Gasteiger partial charge in [0, 0.05) is 72.5 Å². The quantitative estimate of drug-likeness (QED) is 0.482. The molecule has 1 N–H and O–H groups in total. The Labute approximate surface area is 199 Å². The van der Waals surface area contributed by atoms with E-state index in [4.69, 9.17) is 4.74 Å². The maximum Gasteiger partial charge on any atom is 0.254 e. The zero-order chi connectivity index (χ0) is 23.5. The summed E-state index contributed by atoms with van der Waals surface area (Å²) in [5, 5.41) is 4.49. The Morgan fingerprint density at radius 1 is 0.941 bits per heavy atom. The van der Waals surface area contributed by atoms with Crippen LogP contribution in [0.1, 0.15) is 10.4 Å². The Morgan fingerprint density at radius 2 is 1.76 bits per heavy atom. The second-order valence-corrected chi connectivity index (χ2v) is 8.48. The van der Waals surface area contributed by atoms with Gasteiger partial charge in [0.2, 0.25) is 5.88 Å². The second-order valence-electron chi connectivity index (χ2n) is 8.48. The molecule has 3 heterocycles. The van der Waals surface area contributed by atoms with E-state index in [0.717, 1.165) is 59.6 Å². The highest BCUT2D eigenvalue weighted by Gasteiger charge is 2.20. The number of likely N-dealkylation sites (N-methyl/N-ethyl adjacent to an activating group) is 1. The molecule has 7 nitrogen and oxygen atoms in total. The normalized spacial score (nSPS) is 14.2. The molecule has 1 fully saturated rings. The molecule has 34 heavy (non-hydrogen) atoms. The molecule has 0 atom stereocenters. The third kappa shape index (κ3) is 4.56. The van der Waals surface area contributed by atoms with Crippen LogP contribution in [0, 0.1) is 0 Å². The van der Waals surface area contributed by atoms with Crippen molar-refractivity contribution >= 4 is 28.2 Å². The number of anilines is 2. The lowest BCUT2D eigenvalue weighted by Gasteiger charge is -2.32. The van der Waals surface area contributed by atoms with Crippen molar-refractivity contribution in [2.45, 2.75) is 0 Å². The first-order valence-corrected chi connectivity index (χ1v) is 11.3. The van der Waals surface area contributed by atoms with Crippen molar-refractivity contribution in [2.75, 3.05) is 45.7 Å². The van der Waals surface area contributed by atoms with E-state index < -0.39 is 0 Å². The molecule has 1 saturated heterocycles. The number of aromatic nitrogens is 2. The lowest BCUT2D eigenvalue weighted by atomic mass is 10.0. The number of methoxy groups -OCH3 is 1. The minimum absolute atomic E-state index is 0.0747. The molecule has 0 saturated carbocycles. The summed E-state index contributed by atoms with van der Waals surface area (Å²) < 4.78 is 5.17. The van der Waals surface area contributed by atoms with Gasteiger partial charge in [0.1, 0.15) is 0 Å². The lowest BCUT2D eigenvalue weighted by molar-refractivity contribution is 0.0664. The minimum atomic E-state index is 0.0747. The van der Waals surface area contributed by atoms with Crippen LogP contribution in [-0.2, 0) is 0 Å². The van der Waals surface area contributed by atoms with E-state index in [9.17, 15) is 4.79 Å². The van der Waals surface area contributed by atoms with Gasteiger partial charge in [-0.05, 0) is 55.1 Å². The van der Waals surface area contributed by atoms with Gasteiger partial charge in [-0.15, -0.1) is 0 Å². The van der Waals surface area contributed by atoms with E-state index in [1.165, 1.54) is 0 Å². The number of amides is 1. The fourth-order valence-corrected chi connectivity index (χ4v) is 4.18. The number of pyridine rings is 2. The fraction of sp³-hybridized carbons (Fsp3) is 0.222. The first kappa shape index (κ1) is 21.9. The van der Waals surface area contributed by atoms with E-state index in [1.54, 1.807) is 19.5 Å². The van der Waals surface area contributed by atoms with Gasteiger partial charge in [-0.3, -0.25) is 9.78 Å². The van der Waals surface area contributed by atoms with Crippen LogP contribution < -0.4 is 10.1 Å². The number of carbonyl (C=O) groups is 1. The molecule has 1 aliphatic rings. The lowest BCUT2D eigenvalue weighted by Crippen LogP contribution is -2.47. The maximum atomic E-state index is 13.0. The zero-order valence-electron chi connectivity index (χ0n) is 19.4. The fourth-order valence-electron chi connectivity index (χ4n) is 4.18. The molecule has 0 aliphatic carbocycles. The van der Waals surface area contributed by atoms with Crippen LogP contribution in [0.5, 0.6) is 5.88 Å². The third-order valence-corrected chi connectivity index (χ3v) is 6.20. The van der Waals surface area contributed by atoms with Crippen LogP contribution in [0.2, 0.25) is 0 Å². The summed E-state index contributed by atoms with van der Waals surface area (Å²) in [4.78, 5) is 26.0. The molecule has 2 aromatic carbocycles. The SMILES string of the molecule is COc1ccc(-c2ccc3nccc(Nc4cccc(C(=O)N5CCN(C)CC5)c4)c3c2)cn1. The van der Waals surface area contributed by atoms with Crippen molar-refractivity contribution in [1.29, 1.82) is 0 Å². The number of ether oxygens (including phenoxy) is 1. The van der Waals surface area contributed by atoms with Crippen molar-refractivity contribution in [1.82, 2.24) is 19.8 Å². The summed E-state index contributed by atoms with van der Waals surface area (Å²) in [6.45, 7) is 3.31. The molecule has 4 aromatic rings. The van der Waals surface area contributed by atoms with E-state index in [1.807, 2.05) is 59.5 Å². The van der Waals surface area contributed by atoms with Crippen molar-refractivity contribution in [3.05, 3.63) is 78.6 Å². The molecule has 2 aromatic heterocycles. The average Bonchev–Trinajstić information content (AvgIpc) is 2.89. The van der Waals surface area contributed by atoms with Crippen LogP contribution in [0.4, 0.5) is 11.4 Å². The van der Waals surface area contributed by atoms with Gasteiger partial charge in [0.05, 0.1) is 12.6 Å². The Hall–Kier alpha value is -3.97. The number of hydrogen-bond donors (Lipinski definition) is 1. The van der Waals surface area contributed by atoms with Gasteiger partial charge >= 0.3 is 0 Å². The van der Waals surface area contributed by atoms with Gasteiger partial charge in [0.25, 0.3) is 5.91 Å². The molecule has 172 valence electrons. The number of carbonyl (C=O) groups excluding carboxylic acids is 1. The predicted octanol–water partition coefficient (Wildman–Crippen LogP) is 4.44. The average molecular weight is 454 g/mol. The molecule has 0 radical (unpaired) electrons. The molecule has 0 bridgehead atoms. The number of piperazine rings is 1. The summed E-state index contributed by atoms with van der Waals surface area (Å²) in [7, 11) is 3.69. The number of nitrogens with zero attached hydrogens (tertiary/aromatic N) is 4. The van der Waals surface area contributed by atoms with Gasteiger partial charge in [-0.2, -0.15) is 0 Å². The standard InChI is InChI=1S/C27H27N5O2/c1-31-12-14-32(15-13-31)27(33)20-4-3-5-22(16-20)30-25-10-11-28-24-8-6-19(17-23(24)25)21-7-9-26(34-2)29-18-21/h3-11,16-18H,12-15H2,1-2H3,(H,28,30). The summed E-state index contributed by atoms with van der Waals surface area (Å²) in [6, 6.07) is 19.6. The Bertz CT molecular complexity index is 1310. The molecule has 1 aliphatic heterocycles. The zero-order valence-corrected chi connectivity index (χ0v) is 19.4. The van der Waals surface area contributed by atoms with Crippen LogP contribution in [0.25, 0.3) is 22.0 Å². The minimum Gasteiger partial charge on any atom is -0.481 e. The third-order valence-electron chi connectivity index (χ3n) is 6.20. The molecule has 0 unspecified atom stereocenters. The monoisotopic (exact) mass is 453 g/mol. The molecule has 1 amide bonds. The van der Waals surface area contributed by atoms with Crippen LogP contribution >= 0.6 is 0 Å². The Kier molecular flexibility index (Phi) is 6.10. The Balaban J connectivity index is 1.42. The van der Waals surface area contributed by atoms with Crippen molar-refractivity contribution in [3.8, 4) is 17.0 Å². The van der Waals surface area contributed by atoms with Gasteiger partial charge in [0.15, 0.2) is 0 Å². The van der Waals surface area contributed by atoms with Crippen molar-refractivity contribution < 1.29 is 9.53 Å². The summed E-state index contributed by atoms with van der Waals surface area (Å²) >= 11 is 0. The number of nitrogens with one attached hydrogen (secondary N) is 1. The Morgan fingerprint density at radius 3 is 2.53 bits per heavy atom. The second kappa shape index (κ2) is 9.49. The number of hydrogen-bond acceptors (Lipinski definition) is 6. The smallest absolute Gasteiger partial charge is 0.254 e. The van der Waals surface area contributed by atoms with Gasteiger partial charge in [-0.25, -0.2) is 4.98 Å². The van der Waals surface area contributed by atoms with Gasteiger partial charge < -0.3 is 19.9 Å². The van der Waals surface area contributed by atoms with Crippen molar-refractivity contribution in [2.24, 2.45) is 0 Å². The van der Waals surface area contributed by atoms with Crippen LogP contribution in [0.3, 0.4) is 0 Å². The molecular formula is C27H27N5O2. The first-order chi connectivity index (χ1) is 16.6. The van der Waals surface area contributed by atoms with Crippen molar-refractivity contribution in [3.63, 3.8) is 0 Å². The summed E-state index contributed by atoms with van der Waals surface area (Å²) in [5.41, 5.74) is 5.41. The van der Waals surface area contributed by atoms with Crippen LogP contribution in [0.15, 0.2) is 73.1 Å². The van der Waals surface area contributed by atoms with Gasteiger partial charge in [-0.1, -0.05) is 12.1 Å². The molecule has 7 heteroatoms. The van der Waals surface area contributed by atoms with E-state index >= 15 is 0 Å². The predicted molar refractivity (Wildman–Crippen MR) is 135 cm³/mol. The molecule has 0 spiro atoms. The summed E-state index contributed by atoms with van der Waals surface area (Å²) in [5.74, 6) is 0.658. The maximum absolute atomic E-state index is 13.0. The molecule has 5 rings (SSSR count). The number of rotatable bonds is 5. The van der Waals surface area contributed by atoms with E-state index in [0.29, 0.717) is 11.4 Å². The highest BCUT2D eigenvalue weighted by molar-refractivity contribution is 5.97. The van der Waals surface area contributed by atoms with E-state index in [2.05, 4.69) is 33.3 Å². The number of fused-ring (bicyclic) bond motifs is 1. The largest absolute Gasteiger partial charge is 0.481 e. The highest BCUT2D eigenvalue weighted by atomic mass is 16.5. The number of benzene rings is 2.